The number of rotatable bonds is 8. The van der Waals surface area contributed by atoms with E-state index in [2.05, 4.69) is 22.3 Å². The Bertz CT molecular complexity index is 620. The summed E-state index contributed by atoms with van der Waals surface area (Å²) < 4.78 is 1.66. The minimum absolute atomic E-state index is 0.0771. The van der Waals surface area contributed by atoms with Crippen molar-refractivity contribution in [3.05, 3.63) is 42.0 Å². The lowest BCUT2D eigenvalue weighted by molar-refractivity contribution is 0.0942. The van der Waals surface area contributed by atoms with Crippen molar-refractivity contribution in [2.75, 3.05) is 13.2 Å². The molecule has 0 bridgehead atoms. The lowest BCUT2D eigenvalue weighted by Gasteiger charge is -2.16. The zero-order chi connectivity index (χ0) is 16.7. The van der Waals surface area contributed by atoms with Crippen LogP contribution in [-0.2, 0) is 0 Å². The van der Waals surface area contributed by atoms with Crippen molar-refractivity contribution >= 4 is 5.91 Å². The Hall–Kier alpha value is -2.21. The number of benzene rings is 1. The molecule has 2 aromatic rings. The molecular weight excluding hydrogens is 292 g/mol. The Kier molecular flexibility index (Phi) is 6.29. The standard InChI is InChI=1S/C17H24N4O2/c1-3-4-14(7-8-22)10-19-17(23)16-6-5-15(9-13(16)2)21-12-18-11-20-21/h5-6,9,11-12,14,22H,3-4,7-8,10H2,1-2H3,(H,19,23). The third kappa shape index (κ3) is 4.63. The van der Waals surface area contributed by atoms with Crippen molar-refractivity contribution in [1.29, 1.82) is 0 Å². The fourth-order valence-corrected chi connectivity index (χ4v) is 2.66. The molecule has 0 saturated carbocycles. The van der Waals surface area contributed by atoms with E-state index in [0.717, 1.165) is 30.5 Å². The molecule has 0 spiro atoms. The lowest BCUT2D eigenvalue weighted by atomic mass is 10.00. The first-order valence-electron chi connectivity index (χ1n) is 8.00. The maximum atomic E-state index is 12.4. The highest BCUT2D eigenvalue weighted by molar-refractivity contribution is 5.95. The van der Waals surface area contributed by atoms with Gasteiger partial charge >= 0.3 is 0 Å². The van der Waals surface area contributed by atoms with Crippen LogP contribution in [0.15, 0.2) is 30.9 Å². The van der Waals surface area contributed by atoms with Crippen molar-refractivity contribution in [2.45, 2.75) is 33.1 Å². The van der Waals surface area contributed by atoms with Crippen molar-refractivity contribution in [1.82, 2.24) is 20.1 Å². The average Bonchev–Trinajstić information content (AvgIpc) is 3.07. The molecule has 2 rings (SSSR count). The van der Waals surface area contributed by atoms with Gasteiger partial charge in [0.25, 0.3) is 5.91 Å². The molecule has 0 radical (unpaired) electrons. The SMILES string of the molecule is CCCC(CCO)CNC(=O)c1ccc(-n2cncn2)cc1C. The van der Waals surface area contributed by atoms with Crippen LogP contribution in [0.4, 0.5) is 0 Å². The molecule has 1 amide bonds. The second-order valence-electron chi connectivity index (χ2n) is 5.72. The zero-order valence-corrected chi connectivity index (χ0v) is 13.7. The van der Waals surface area contributed by atoms with E-state index in [4.69, 9.17) is 5.11 Å². The van der Waals surface area contributed by atoms with Crippen LogP contribution < -0.4 is 5.32 Å². The van der Waals surface area contributed by atoms with E-state index in [1.54, 1.807) is 11.0 Å². The normalized spacial score (nSPS) is 12.1. The Morgan fingerprint density at radius 3 is 2.83 bits per heavy atom. The number of aliphatic hydroxyl groups is 1. The van der Waals surface area contributed by atoms with E-state index >= 15 is 0 Å². The zero-order valence-electron chi connectivity index (χ0n) is 13.7. The summed E-state index contributed by atoms with van der Waals surface area (Å²) in [4.78, 5) is 16.3. The molecule has 2 N–H and O–H groups in total. The van der Waals surface area contributed by atoms with Gasteiger partial charge in [-0.2, -0.15) is 5.10 Å². The van der Waals surface area contributed by atoms with Gasteiger partial charge in [-0.25, -0.2) is 9.67 Å². The number of nitrogens with one attached hydrogen (secondary N) is 1. The summed E-state index contributed by atoms with van der Waals surface area (Å²) in [7, 11) is 0. The van der Waals surface area contributed by atoms with E-state index in [1.165, 1.54) is 6.33 Å². The Morgan fingerprint density at radius 2 is 2.22 bits per heavy atom. The van der Waals surface area contributed by atoms with Gasteiger partial charge in [0.05, 0.1) is 5.69 Å². The van der Waals surface area contributed by atoms with E-state index in [0.29, 0.717) is 18.0 Å². The molecule has 124 valence electrons. The molecule has 1 aromatic heterocycles. The number of aryl methyl sites for hydroxylation is 1. The maximum Gasteiger partial charge on any atom is 0.251 e. The molecule has 1 unspecified atom stereocenters. The third-order valence-corrected chi connectivity index (χ3v) is 3.92. The van der Waals surface area contributed by atoms with Crippen LogP contribution in [-0.4, -0.2) is 38.9 Å². The maximum absolute atomic E-state index is 12.4. The summed E-state index contributed by atoms with van der Waals surface area (Å²) in [5.74, 6) is 0.246. The predicted octanol–water partition coefficient (Wildman–Crippen LogP) is 2.10. The number of hydrogen-bond donors (Lipinski definition) is 2. The van der Waals surface area contributed by atoms with Crippen LogP contribution in [0, 0.1) is 12.8 Å². The smallest absolute Gasteiger partial charge is 0.251 e. The van der Waals surface area contributed by atoms with E-state index in [9.17, 15) is 4.79 Å². The molecule has 1 aromatic carbocycles. The first kappa shape index (κ1) is 17.1. The van der Waals surface area contributed by atoms with Gasteiger partial charge < -0.3 is 10.4 Å². The summed E-state index contributed by atoms with van der Waals surface area (Å²) >= 11 is 0. The number of aliphatic hydroxyl groups excluding tert-OH is 1. The molecule has 23 heavy (non-hydrogen) atoms. The molecule has 0 saturated heterocycles. The van der Waals surface area contributed by atoms with Gasteiger partial charge in [0, 0.05) is 18.7 Å². The van der Waals surface area contributed by atoms with Crippen molar-refractivity contribution in [3.8, 4) is 5.69 Å². The van der Waals surface area contributed by atoms with Crippen LogP contribution in [0.2, 0.25) is 0 Å². The van der Waals surface area contributed by atoms with E-state index in [1.807, 2.05) is 25.1 Å². The predicted molar refractivity (Wildman–Crippen MR) is 88.5 cm³/mol. The highest BCUT2D eigenvalue weighted by atomic mass is 16.3. The minimum Gasteiger partial charge on any atom is -0.396 e. The molecule has 0 aliphatic carbocycles. The van der Waals surface area contributed by atoms with Gasteiger partial charge in [-0.1, -0.05) is 13.3 Å². The van der Waals surface area contributed by atoms with Crippen molar-refractivity contribution in [3.63, 3.8) is 0 Å². The Balaban J connectivity index is 2.02. The number of carbonyl (C=O) groups excluding carboxylic acids is 1. The largest absolute Gasteiger partial charge is 0.396 e. The summed E-state index contributed by atoms with van der Waals surface area (Å²) in [6, 6.07) is 5.58. The second-order valence-corrected chi connectivity index (χ2v) is 5.72. The number of carbonyl (C=O) groups is 1. The minimum atomic E-state index is -0.0771. The molecule has 0 fully saturated rings. The number of aromatic nitrogens is 3. The highest BCUT2D eigenvalue weighted by Crippen LogP contribution is 2.15. The third-order valence-electron chi connectivity index (χ3n) is 3.92. The fraction of sp³-hybridized carbons (Fsp3) is 0.471. The van der Waals surface area contributed by atoms with Gasteiger partial charge in [-0.15, -0.1) is 0 Å². The number of amides is 1. The second kappa shape index (κ2) is 8.43. The first-order valence-corrected chi connectivity index (χ1v) is 8.00. The molecule has 1 heterocycles. The summed E-state index contributed by atoms with van der Waals surface area (Å²) in [5.41, 5.74) is 2.43. The summed E-state index contributed by atoms with van der Waals surface area (Å²) in [5, 5.41) is 16.1. The quantitative estimate of drug-likeness (QED) is 0.781. The monoisotopic (exact) mass is 316 g/mol. The van der Waals surface area contributed by atoms with Gasteiger partial charge in [0.15, 0.2) is 0 Å². The van der Waals surface area contributed by atoms with Gasteiger partial charge in [0.2, 0.25) is 0 Å². The van der Waals surface area contributed by atoms with Gasteiger partial charge in [-0.3, -0.25) is 4.79 Å². The number of hydrogen-bond acceptors (Lipinski definition) is 4. The van der Waals surface area contributed by atoms with E-state index < -0.39 is 0 Å². The Morgan fingerprint density at radius 1 is 1.39 bits per heavy atom. The van der Waals surface area contributed by atoms with Crippen LogP contribution in [0.3, 0.4) is 0 Å². The van der Waals surface area contributed by atoms with Gasteiger partial charge in [-0.05, 0) is 49.4 Å². The topological polar surface area (TPSA) is 80.0 Å². The first-order chi connectivity index (χ1) is 11.2. The van der Waals surface area contributed by atoms with Crippen LogP contribution in [0.1, 0.15) is 42.1 Å². The van der Waals surface area contributed by atoms with Gasteiger partial charge in [0.1, 0.15) is 12.7 Å². The summed E-state index contributed by atoms with van der Waals surface area (Å²) in [6.07, 6.45) is 5.87. The van der Waals surface area contributed by atoms with Crippen LogP contribution in [0.25, 0.3) is 5.69 Å². The van der Waals surface area contributed by atoms with Crippen LogP contribution in [0.5, 0.6) is 0 Å². The molecular formula is C17H24N4O2. The molecule has 0 aliphatic rings. The number of nitrogens with zero attached hydrogens (tertiary/aromatic N) is 3. The molecule has 0 aliphatic heterocycles. The Labute approximate surface area is 136 Å². The summed E-state index contributed by atoms with van der Waals surface area (Å²) in [6.45, 7) is 4.77. The van der Waals surface area contributed by atoms with E-state index in [-0.39, 0.29) is 12.5 Å². The molecule has 6 nitrogen and oxygen atoms in total. The van der Waals surface area contributed by atoms with Crippen molar-refractivity contribution in [2.24, 2.45) is 5.92 Å². The highest BCUT2D eigenvalue weighted by Gasteiger charge is 2.13. The van der Waals surface area contributed by atoms with Crippen LogP contribution >= 0.6 is 0 Å². The average molecular weight is 316 g/mol. The molecule has 1 atom stereocenters. The fourth-order valence-electron chi connectivity index (χ4n) is 2.66. The lowest BCUT2D eigenvalue weighted by Crippen LogP contribution is -2.30. The molecule has 6 heteroatoms. The van der Waals surface area contributed by atoms with Crippen molar-refractivity contribution < 1.29 is 9.90 Å².